The van der Waals surface area contributed by atoms with E-state index < -0.39 is 9.84 Å². The van der Waals surface area contributed by atoms with E-state index in [0.717, 1.165) is 22.5 Å². The summed E-state index contributed by atoms with van der Waals surface area (Å²) in [5, 5.41) is 0. The van der Waals surface area contributed by atoms with E-state index in [-0.39, 0.29) is 5.75 Å². The van der Waals surface area contributed by atoms with Crippen LogP contribution in [0.5, 0.6) is 0 Å². The van der Waals surface area contributed by atoms with Crippen molar-refractivity contribution in [2.75, 3.05) is 12.0 Å². The van der Waals surface area contributed by atoms with Crippen molar-refractivity contribution in [1.29, 1.82) is 0 Å². The lowest BCUT2D eigenvalue weighted by molar-refractivity contribution is 0.103. The van der Waals surface area contributed by atoms with E-state index in [1.807, 2.05) is 65.2 Å². The van der Waals surface area contributed by atoms with Crippen molar-refractivity contribution < 1.29 is 13.2 Å². The third kappa shape index (κ3) is 5.03. The van der Waals surface area contributed by atoms with Crippen LogP contribution in [0.4, 0.5) is 0 Å². The van der Waals surface area contributed by atoms with Crippen LogP contribution in [0.25, 0.3) is 11.3 Å². The Kier molecular flexibility index (Phi) is 5.85. The van der Waals surface area contributed by atoms with Crippen LogP contribution in [0.1, 0.15) is 11.3 Å². The fourth-order valence-corrected chi connectivity index (χ4v) is 3.22. The van der Waals surface area contributed by atoms with E-state index in [1.54, 1.807) is 6.33 Å². The Morgan fingerprint density at radius 3 is 2.27 bits per heavy atom. The summed E-state index contributed by atoms with van der Waals surface area (Å²) in [6, 6.07) is 19.8. The predicted molar refractivity (Wildman–Crippen MR) is 102 cm³/mol. The van der Waals surface area contributed by atoms with Gasteiger partial charge in [0.1, 0.15) is 9.84 Å². The van der Waals surface area contributed by atoms with Gasteiger partial charge >= 0.3 is 0 Å². The van der Waals surface area contributed by atoms with Crippen molar-refractivity contribution in [3.8, 4) is 11.3 Å². The molecular formula is C20H22N2O3S. The predicted octanol–water partition coefficient (Wildman–Crippen LogP) is 3.31. The monoisotopic (exact) mass is 370 g/mol. The summed E-state index contributed by atoms with van der Waals surface area (Å²) < 4.78 is 30.8. The highest BCUT2D eigenvalue weighted by atomic mass is 32.2. The maximum atomic E-state index is 11.5. The Bertz CT molecular complexity index is 936. The molecule has 0 unspecified atom stereocenters. The minimum absolute atomic E-state index is 0.0727. The zero-order chi connectivity index (χ0) is 18.4. The molecule has 1 aromatic heterocycles. The molecule has 5 nitrogen and oxygen atoms in total. The van der Waals surface area contributed by atoms with E-state index in [2.05, 4.69) is 4.98 Å². The Morgan fingerprint density at radius 1 is 0.962 bits per heavy atom. The second-order valence-corrected chi connectivity index (χ2v) is 8.47. The quantitative estimate of drug-likeness (QED) is 0.610. The first kappa shape index (κ1) is 18.4. The summed E-state index contributed by atoms with van der Waals surface area (Å²) in [6.07, 6.45) is 2.93. The zero-order valence-corrected chi connectivity index (χ0v) is 15.5. The first-order valence-electron chi connectivity index (χ1n) is 8.42. The first-order chi connectivity index (χ1) is 12.5. The molecule has 0 aliphatic heterocycles. The molecule has 6 heteroatoms. The van der Waals surface area contributed by atoms with Gasteiger partial charge in [0.15, 0.2) is 0 Å². The highest BCUT2D eigenvalue weighted by Gasteiger charge is 2.14. The average molecular weight is 370 g/mol. The van der Waals surface area contributed by atoms with Crippen LogP contribution in [0.15, 0.2) is 67.0 Å². The highest BCUT2D eigenvalue weighted by Crippen LogP contribution is 2.23. The van der Waals surface area contributed by atoms with E-state index >= 15 is 0 Å². The molecule has 3 rings (SSSR count). The van der Waals surface area contributed by atoms with Crippen LogP contribution >= 0.6 is 0 Å². The molecule has 0 saturated heterocycles. The molecule has 0 atom stereocenters. The molecule has 3 aromatic rings. The largest absolute Gasteiger partial charge is 0.370 e. The maximum absolute atomic E-state index is 11.5. The molecule has 26 heavy (non-hydrogen) atoms. The molecule has 2 aromatic carbocycles. The van der Waals surface area contributed by atoms with Crippen LogP contribution in [0, 0.1) is 0 Å². The number of hydrogen-bond donors (Lipinski definition) is 0. The minimum Gasteiger partial charge on any atom is -0.370 e. The second-order valence-electron chi connectivity index (χ2n) is 6.21. The molecule has 1 heterocycles. The summed E-state index contributed by atoms with van der Waals surface area (Å²) >= 11 is 0. The van der Waals surface area contributed by atoms with Crippen LogP contribution in [-0.4, -0.2) is 30.0 Å². The van der Waals surface area contributed by atoms with E-state index in [1.165, 1.54) is 6.26 Å². The summed E-state index contributed by atoms with van der Waals surface area (Å²) in [7, 11) is -3.05. The Labute approximate surface area is 154 Å². The molecule has 0 amide bonds. The fourth-order valence-electron chi connectivity index (χ4n) is 2.69. The van der Waals surface area contributed by atoms with Crippen molar-refractivity contribution in [2.24, 2.45) is 0 Å². The van der Waals surface area contributed by atoms with Gasteiger partial charge in [-0.2, -0.15) is 0 Å². The van der Waals surface area contributed by atoms with Gasteiger partial charge in [0.25, 0.3) is 0 Å². The van der Waals surface area contributed by atoms with Crippen LogP contribution < -0.4 is 0 Å². The first-order valence-corrected chi connectivity index (χ1v) is 10.5. The van der Waals surface area contributed by atoms with Gasteiger partial charge in [0, 0.05) is 18.4 Å². The lowest BCUT2D eigenvalue weighted by Gasteiger charge is -2.11. The molecule has 0 aliphatic rings. The molecule has 0 N–H and O–H groups in total. The number of hydrogen-bond acceptors (Lipinski definition) is 4. The molecule has 0 bridgehead atoms. The van der Waals surface area contributed by atoms with E-state index in [0.29, 0.717) is 19.8 Å². The topological polar surface area (TPSA) is 61.2 Å². The van der Waals surface area contributed by atoms with Crippen molar-refractivity contribution in [2.45, 2.75) is 19.8 Å². The molecule has 0 aliphatic carbocycles. The Morgan fingerprint density at radius 2 is 1.62 bits per heavy atom. The number of nitrogens with zero attached hydrogens (tertiary/aromatic N) is 2. The van der Waals surface area contributed by atoms with Crippen molar-refractivity contribution in [3.63, 3.8) is 0 Å². The number of rotatable bonds is 8. The number of sulfone groups is 1. The van der Waals surface area contributed by atoms with E-state index in [9.17, 15) is 8.42 Å². The third-order valence-corrected chi connectivity index (χ3v) is 4.97. The lowest BCUT2D eigenvalue weighted by Crippen LogP contribution is -2.13. The normalized spacial score (nSPS) is 11.6. The van der Waals surface area contributed by atoms with Gasteiger partial charge in [-0.15, -0.1) is 0 Å². The van der Waals surface area contributed by atoms with Crippen molar-refractivity contribution in [3.05, 3.63) is 78.2 Å². The number of aryl methyl sites for hydroxylation is 1. The summed E-state index contributed by atoms with van der Waals surface area (Å²) in [5.74, 6) is 0.0727. The highest BCUT2D eigenvalue weighted by molar-refractivity contribution is 7.90. The van der Waals surface area contributed by atoms with Crippen molar-refractivity contribution >= 4 is 9.84 Å². The fraction of sp³-hybridized carbons (Fsp3) is 0.250. The van der Waals surface area contributed by atoms with Gasteiger partial charge in [0.05, 0.1) is 36.7 Å². The van der Waals surface area contributed by atoms with Crippen LogP contribution in [0.2, 0.25) is 0 Å². The standard InChI is InChI=1S/C20H22N2O3S/c1-26(23,24)13-12-22-16-21-20(18-10-6-3-7-11-18)19(22)15-25-14-17-8-4-2-5-9-17/h2-11,16H,12-15H2,1H3. The number of imidazole rings is 1. The van der Waals surface area contributed by atoms with Gasteiger partial charge in [-0.05, 0) is 5.56 Å². The minimum atomic E-state index is -3.05. The number of benzene rings is 2. The van der Waals surface area contributed by atoms with Gasteiger partial charge in [-0.25, -0.2) is 13.4 Å². The Hall–Kier alpha value is -2.44. The molecule has 0 fully saturated rings. The van der Waals surface area contributed by atoms with E-state index in [4.69, 9.17) is 4.74 Å². The Balaban J connectivity index is 1.80. The summed E-state index contributed by atoms with van der Waals surface area (Å²) in [4.78, 5) is 4.50. The van der Waals surface area contributed by atoms with Gasteiger partial charge in [-0.1, -0.05) is 60.7 Å². The number of ether oxygens (including phenoxy) is 1. The molecule has 136 valence electrons. The third-order valence-electron chi connectivity index (χ3n) is 4.05. The second kappa shape index (κ2) is 8.29. The SMILES string of the molecule is CS(=O)(=O)CCn1cnc(-c2ccccc2)c1COCc1ccccc1. The van der Waals surface area contributed by atoms with Crippen molar-refractivity contribution in [1.82, 2.24) is 9.55 Å². The van der Waals surface area contributed by atoms with Gasteiger partial charge in [0.2, 0.25) is 0 Å². The average Bonchev–Trinajstić information content (AvgIpc) is 3.04. The molecule has 0 radical (unpaired) electrons. The molecule has 0 saturated carbocycles. The summed E-state index contributed by atoms with van der Waals surface area (Å²) in [6.45, 7) is 1.22. The van der Waals surface area contributed by atoms with Crippen LogP contribution in [-0.2, 0) is 34.3 Å². The van der Waals surface area contributed by atoms with Gasteiger partial charge in [-0.3, -0.25) is 0 Å². The van der Waals surface area contributed by atoms with Crippen LogP contribution in [0.3, 0.4) is 0 Å². The lowest BCUT2D eigenvalue weighted by atomic mass is 10.1. The molecule has 0 spiro atoms. The zero-order valence-electron chi connectivity index (χ0n) is 14.7. The van der Waals surface area contributed by atoms with Gasteiger partial charge < -0.3 is 9.30 Å². The molecular weight excluding hydrogens is 348 g/mol. The smallest absolute Gasteiger partial charge is 0.149 e. The summed E-state index contributed by atoms with van der Waals surface area (Å²) in [5.41, 5.74) is 3.79. The number of aromatic nitrogens is 2. The maximum Gasteiger partial charge on any atom is 0.149 e.